The Balaban J connectivity index is 1.46. The van der Waals surface area contributed by atoms with Crippen LogP contribution in [0.2, 0.25) is 0 Å². The van der Waals surface area contributed by atoms with Gasteiger partial charge in [0.15, 0.2) is 17.3 Å². The Morgan fingerprint density at radius 3 is 2.61 bits per heavy atom. The fourth-order valence-electron chi connectivity index (χ4n) is 4.93. The molecule has 38 heavy (non-hydrogen) atoms. The van der Waals surface area contributed by atoms with Crippen LogP contribution in [0.3, 0.4) is 0 Å². The average Bonchev–Trinajstić information content (AvgIpc) is 2.88. The Kier molecular flexibility index (Phi) is 8.05. The number of benzene rings is 2. The number of hydrogen-bond donors (Lipinski definition) is 2. The zero-order valence-electron chi connectivity index (χ0n) is 21.5. The number of halogens is 2. The maximum Gasteiger partial charge on any atom is 0.341 e. The number of piperazine rings is 1. The lowest BCUT2D eigenvalue weighted by Gasteiger charge is -2.41. The molecular formula is C27H31F2N3O6. The fourth-order valence-corrected chi connectivity index (χ4v) is 4.93. The minimum Gasteiger partial charge on any atom is -0.502 e. The van der Waals surface area contributed by atoms with Crippen molar-refractivity contribution in [3.8, 4) is 17.2 Å². The summed E-state index contributed by atoms with van der Waals surface area (Å²) in [6, 6.07) is 5.94. The van der Waals surface area contributed by atoms with Crippen LogP contribution in [0.1, 0.15) is 30.6 Å². The molecule has 0 radical (unpaired) electrons. The van der Waals surface area contributed by atoms with Gasteiger partial charge in [0.25, 0.3) is 0 Å². The van der Waals surface area contributed by atoms with Gasteiger partial charge in [0.2, 0.25) is 11.2 Å². The van der Waals surface area contributed by atoms with Gasteiger partial charge in [-0.15, -0.1) is 0 Å². The summed E-state index contributed by atoms with van der Waals surface area (Å²) in [7, 11) is 1.47. The van der Waals surface area contributed by atoms with Crippen molar-refractivity contribution in [3.05, 3.63) is 57.9 Å². The molecule has 9 nitrogen and oxygen atoms in total. The molecule has 0 bridgehead atoms. The van der Waals surface area contributed by atoms with Gasteiger partial charge in [-0.1, -0.05) is 6.07 Å². The molecule has 0 saturated carbocycles. The summed E-state index contributed by atoms with van der Waals surface area (Å²) >= 11 is 0. The van der Waals surface area contributed by atoms with Crippen molar-refractivity contribution in [3.63, 3.8) is 0 Å². The van der Waals surface area contributed by atoms with Crippen LogP contribution < -0.4 is 19.8 Å². The minimum atomic E-state index is -1.44. The number of methoxy groups -OCH3 is 1. The van der Waals surface area contributed by atoms with Gasteiger partial charge in [0.05, 0.1) is 24.6 Å². The second-order valence-electron chi connectivity index (χ2n) is 9.22. The van der Waals surface area contributed by atoms with Crippen molar-refractivity contribution in [2.24, 2.45) is 0 Å². The van der Waals surface area contributed by atoms with Crippen molar-refractivity contribution in [2.75, 3.05) is 44.8 Å². The number of hydrogen-bond acceptors (Lipinski definition) is 7. The molecule has 0 spiro atoms. The number of para-hydroxylation sites is 1. The topological polar surface area (TPSA) is 104 Å². The first kappa shape index (κ1) is 27.2. The quantitative estimate of drug-likeness (QED) is 0.403. The number of aromatic hydroxyl groups is 1. The molecule has 1 unspecified atom stereocenters. The molecule has 2 N–H and O–H groups in total. The summed E-state index contributed by atoms with van der Waals surface area (Å²) < 4.78 is 43.1. The van der Waals surface area contributed by atoms with Crippen LogP contribution >= 0.6 is 0 Å². The van der Waals surface area contributed by atoms with Gasteiger partial charge in [-0.2, -0.15) is 0 Å². The zero-order chi connectivity index (χ0) is 27.6. The first-order valence-electron chi connectivity index (χ1n) is 12.4. The monoisotopic (exact) mass is 531 g/mol. The molecule has 0 amide bonds. The van der Waals surface area contributed by atoms with E-state index in [0.717, 1.165) is 12.3 Å². The molecule has 11 heteroatoms. The zero-order valence-corrected chi connectivity index (χ0v) is 21.5. The Hall–Kier alpha value is -3.86. The van der Waals surface area contributed by atoms with Crippen molar-refractivity contribution in [2.45, 2.75) is 32.9 Å². The first-order chi connectivity index (χ1) is 18.2. The largest absolute Gasteiger partial charge is 0.502 e. The summed E-state index contributed by atoms with van der Waals surface area (Å²) in [4.78, 5) is 27.9. The molecule has 4 rings (SSSR count). The number of carboxylic acid groups (broad SMARTS) is 1. The molecule has 1 atom stereocenters. The van der Waals surface area contributed by atoms with Crippen molar-refractivity contribution in [1.82, 2.24) is 9.47 Å². The highest BCUT2D eigenvalue weighted by Crippen LogP contribution is 2.35. The Bertz CT molecular complexity index is 1410. The minimum absolute atomic E-state index is 0.0220. The maximum absolute atomic E-state index is 15.7. The molecule has 0 aliphatic carbocycles. The maximum atomic E-state index is 15.7. The van der Waals surface area contributed by atoms with E-state index in [2.05, 4.69) is 4.90 Å². The summed E-state index contributed by atoms with van der Waals surface area (Å²) in [6.45, 7) is 6.21. The number of carbonyl (C=O) groups is 1. The van der Waals surface area contributed by atoms with Gasteiger partial charge in [0, 0.05) is 45.0 Å². The number of fused-ring (bicyclic) bond motifs is 1. The lowest BCUT2D eigenvalue weighted by atomic mass is 10.1. The molecule has 2 heterocycles. The molecule has 1 saturated heterocycles. The number of ether oxygens (including phenoxy) is 2. The van der Waals surface area contributed by atoms with E-state index in [0.29, 0.717) is 50.7 Å². The van der Waals surface area contributed by atoms with Gasteiger partial charge < -0.3 is 29.2 Å². The number of anilines is 1. The summed E-state index contributed by atoms with van der Waals surface area (Å²) in [5.74, 6) is -2.60. The Morgan fingerprint density at radius 2 is 1.95 bits per heavy atom. The molecular weight excluding hydrogens is 500 g/mol. The second kappa shape index (κ2) is 11.3. The fraction of sp³-hybridized carbons (Fsp3) is 0.407. The van der Waals surface area contributed by atoms with Crippen LogP contribution in [-0.2, 0) is 6.54 Å². The van der Waals surface area contributed by atoms with E-state index < -0.39 is 28.6 Å². The number of carboxylic acids is 1. The number of phenols is 1. The third-order valence-electron chi connectivity index (χ3n) is 6.91. The molecule has 3 aromatic rings. The predicted octanol–water partition coefficient (Wildman–Crippen LogP) is 3.69. The van der Waals surface area contributed by atoms with E-state index in [9.17, 15) is 19.8 Å². The van der Waals surface area contributed by atoms with E-state index in [1.807, 2.05) is 6.92 Å². The second-order valence-corrected chi connectivity index (χ2v) is 9.22. The SMILES string of the molecule is CCn1cc(C(=O)O)c(=O)c2cc(F)c(N3CCN(CCCOc4cccc(OC)c4O)C(C)C3)c(F)c21. The van der Waals surface area contributed by atoms with E-state index >= 15 is 8.78 Å². The van der Waals surface area contributed by atoms with Crippen molar-refractivity contribution < 1.29 is 33.3 Å². The highest BCUT2D eigenvalue weighted by atomic mass is 19.1. The number of nitrogens with zero attached hydrogens (tertiary/aromatic N) is 3. The average molecular weight is 532 g/mol. The first-order valence-corrected chi connectivity index (χ1v) is 12.4. The van der Waals surface area contributed by atoms with Gasteiger partial charge >= 0.3 is 5.97 Å². The summed E-state index contributed by atoms with van der Waals surface area (Å²) in [6.07, 6.45) is 1.78. The van der Waals surface area contributed by atoms with Crippen LogP contribution in [0.5, 0.6) is 17.2 Å². The lowest BCUT2D eigenvalue weighted by Crippen LogP contribution is -2.52. The van der Waals surface area contributed by atoms with Crippen LogP contribution in [0, 0.1) is 11.6 Å². The summed E-state index contributed by atoms with van der Waals surface area (Å²) in [5, 5.41) is 19.2. The van der Waals surface area contributed by atoms with Crippen LogP contribution in [0.15, 0.2) is 35.3 Å². The number of aromatic nitrogens is 1. The van der Waals surface area contributed by atoms with Gasteiger partial charge in [0.1, 0.15) is 17.1 Å². The summed E-state index contributed by atoms with van der Waals surface area (Å²) in [5.41, 5.74) is -1.76. The van der Waals surface area contributed by atoms with Crippen LogP contribution in [-0.4, -0.2) is 71.6 Å². The van der Waals surface area contributed by atoms with Crippen molar-refractivity contribution >= 4 is 22.6 Å². The molecule has 1 aliphatic heterocycles. The third kappa shape index (κ3) is 5.10. The highest BCUT2D eigenvalue weighted by molar-refractivity contribution is 5.93. The molecule has 204 valence electrons. The Labute approximate surface area is 218 Å². The number of rotatable bonds is 9. The van der Waals surface area contributed by atoms with Crippen LogP contribution in [0.25, 0.3) is 10.9 Å². The standard InChI is InChI=1S/C27H31F2N3O6/c1-4-30-15-18(27(35)36)25(33)17-13-19(28)24(22(29)23(17)30)32-11-10-31(16(2)14-32)9-6-12-38-21-8-5-7-20(37-3)26(21)34/h5,7-8,13,15-16,34H,4,6,9-12,14H2,1-3H3,(H,35,36). The highest BCUT2D eigenvalue weighted by Gasteiger charge is 2.29. The van der Waals surface area contributed by atoms with E-state index in [4.69, 9.17) is 9.47 Å². The smallest absolute Gasteiger partial charge is 0.341 e. The number of aromatic carboxylic acids is 1. The third-order valence-corrected chi connectivity index (χ3v) is 6.91. The number of pyridine rings is 1. The molecule has 1 fully saturated rings. The lowest BCUT2D eigenvalue weighted by molar-refractivity contribution is 0.0694. The van der Waals surface area contributed by atoms with Gasteiger partial charge in [-0.05, 0) is 38.5 Å². The van der Waals surface area contributed by atoms with E-state index in [-0.39, 0.29) is 34.9 Å². The van der Waals surface area contributed by atoms with E-state index in [1.165, 1.54) is 11.7 Å². The molecule has 1 aliphatic rings. The van der Waals surface area contributed by atoms with Crippen LogP contribution in [0.4, 0.5) is 14.5 Å². The van der Waals surface area contributed by atoms with Crippen molar-refractivity contribution in [1.29, 1.82) is 0 Å². The Morgan fingerprint density at radius 1 is 1.21 bits per heavy atom. The number of phenolic OH excluding ortho intramolecular Hbond substituents is 1. The van der Waals surface area contributed by atoms with Gasteiger partial charge in [-0.25, -0.2) is 13.6 Å². The molecule has 2 aromatic carbocycles. The van der Waals surface area contributed by atoms with E-state index in [1.54, 1.807) is 30.0 Å². The number of aryl methyl sites for hydroxylation is 1. The van der Waals surface area contributed by atoms with Gasteiger partial charge in [-0.3, -0.25) is 9.69 Å². The molecule has 1 aromatic heterocycles. The predicted molar refractivity (Wildman–Crippen MR) is 139 cm³/mol. The normalized spacial score (nSPS) is 16.1.